The number of rotatable bonds is 7. The SMILES string of the molecule is COc1cc(C2C(C(=O)OCC(C)C)=C(C)Nc3c2c(=O)n(C)c(=O)n3C)cc(OC)c1OC. The Morgan fingerprint density at radius 2 is 1.62 bits per heavy atom. The van der Waals surface area contributed by atoms with Gasteiger partial charge in [-0.2, -0.15) is 0 Å². The van der Waals surface area contributed by atoms with Crippen LogP contribution in [0.3, 0.4) is 0 Å². The van der Waals surface area contributed by atoms with Crippen LogP contribution in [0, 0.1) is 5.92 Å². The average Bonchev–Trinajstić information content (AvgIpc) is 2.82. The molecule has 0 fully saturated rings. The van der Waals surface area contributed by atoms with Crippen molar-refractivity contribution in [3.63, 3.8) is 0 Å². The van der Waals surface area contributed by atoms with Gasteiger partial charge in [-0.3, -0.25) is 13.9 Å². The summed E-state index contributed by atoms with van der Waals surface area (Å²) in [5.41, 5.74) is 0.510. The predicted octanol–water partition coefficient (Wildman–Crippen LogP) is 2.14. The van der Waals surface area contributed by atoms with Crippen LogP contribution in [-0.2, 0) is 23.6 Å². The van der Waals surface area contributed by atoms with E-state index >= 15 is 0 Å². The Bertz CT molecular complexity index is 1250. The van der Waals surface area contributed by atoms with E-state index < -0.39 is 23.1 Å². The molecule has 1 aromatic heterocycles. The van der Waals surface area contributed by atoms with Crippen LogP contribution in [0.1, 0.15) is 37.8 Å². The molecule has 0 bridgehead atoms. The fraction of sp³-hybridized carbons (Fsp3) is 0.458. The highest BCUT2D eigenvalue weighted by molar-refractivity contribution is 5.94. The highest BCUT2D eigenvalue weighted by Gasteiger charge is 2.38. The summed E-state index contributed by atoms with van der Waals surface area (Å²) < 4.78 is 24.4. The first-order valence-corrected chi connectivity index (χ1v) is 10.8. The number of hydrogen-bond acceptors (Lipinski definition) is 8. The van der Waals surface area contributed by atoms with E-state index in [1.54, 1.807) is 26.1 Å². The molecule has 0 aliphatic carbocycles. The Labute approximate surface area is 197 Å². The van der Waals surface area contributed by atoms with Crippen molar-refractivity contribution in [2.24, 2.45) is 20.0 Å². The number of ether oxygens (including phenoxy) is 4. The van der Waals surface area contributed by atoms with E-state index in [9.17, 15) is 14.4 Å². The largest absolute Gasteiger partial charge is 0.493 e. The van der Waals surface area contributed by atoms with E-state index in [-0.39, 0.29) is 23.7 Å². The molecular weight excluding hydrogens is 442 g/mol. The number of nitrogens with zero attached hydrogens (tertiary/aromatic N) is 2. The van der Waals surface area contributed by atoms with E-state index in [0.29, 0.717) is 34.3 Å². The van der Waals surface area contributed by atoms with Crippen molar-refractivity contribution >= 4 is 11.8 Å². The van der Waals surface area contributed by atoms with Gasteiger partial charge in [0.1, 0.15) is 5.82 Å². The van der Waals surface area contributed by atoms with Gasteiger partial charge in [-0.1, -0.05) is 13.8 Å². The zero-order valence-electron chi connectivity index (χ0n) is 20.8. The Morgan fingerprint density at radius 3 is 2.12 bits per heavy atom. The van der Waals surface area contributed by atoms with Gasteiger partial charge in [0.2, 0.25) is 5.75 Å². The van der Waals surface area contributed by atoms with Crippen LogP contribution in [0.5, 0.6) is 17.2 Å². The van der Waals surface area contributed by atoms with Crippen LogP contribution in [-0.4, -0.2) is 43.0 Å². The molecular formula is C24H31N3O7. The van der Waals surface area contributed by atoms with Crippen molar-refractivity contribution in [1.29, 1.82) is 0 Å². The molecule has 2 heterocycles. The number of aromatic nitrogens is 2. The maximum atomic E-state index is 13.4. The van der Waals surface area contributed by atoms with E-state index in [1.165, 1.54) is 32.9 Å². The molecule has 0 saturated carbocycles. The first-order valence-electron chi connectivity index (χ1n) is 10.8. The van der Waals surface area contributed by atoms with Gasteiger partial charge in [-0.25, -0.2) is 9.59 Å². The van der Waals surface area contributed by atoms with Gasteiger partial charge in [0.15, 0.2) is 11.5 Å². The summed E-state index contributed by atoms with van der Waals surface area (Å²) in [7, 11) is 7.43. The summed E-state index contributed by atoms with van der Waals surface area (Å²) in [6, 6.07) is 3.38. The van der Waals surface area contributed by atoms with Crippen LogP contribution >= 0.6 is 0 Å². The molecule has 1 aliphatic rings. The summed E-state index contributed by atoms with van der Waals surface area (Å²) in [6.07, 6.45) is 0. The molecule has 0 spiro atoms. The Morgan fingerprint density at radius 1 is 1.03 bits per heavy atom. The average molecular weight is 474 g/mol. The molecule has 2 aromatic rings. The zero-order valence-corrected chi connectivity index (χ0v) is 20.8. The van der Waals surface area contributed by atoms with Crippen LogP contribution < -0.4 is 30.8 Å². The van der Waals surface area contributed by atoms with Gasteiger partial charge < -0.3 is 24.3 Å². The Balaban J connectivity index is 2.38. The second-order valence-corrected chi connectivity index (χ2v) is 8.52. The highest BCUT2D eigenvalue weighted by Crippen LogP contribution is 2.46. The predicted molar refractivity (Wildman–Crippen MR) is 127 cm³/mol. The molecule has 1 aromatic carbocycles. The molecule has 184 valence electrons. The van der Waals surface area contributed by atoms with Gasteiger partial charge >= 0.3 is 11.7 Å². The van der Waals surface area contributed by atoms with E-state index in [1.807, 2.05) is 13.8 Å². The summed E-state index contributed by atoms with van der Waals surface area (Å²) in [5.74, 6) is 0.138. The van der Waals surface area contributed by atoms with Crippen molar-refractivity contribution < 1.29 is 23.7 Å². The van der Waals surface area contributed by atoms with Crippen LogP contribution in [0.4, 0.5) is 5.82 Å². The second kappa shape index (κ2) is 9.66. The summed E-state index contributed by atoms with van der Waals surface area (Å²) in [4.78, 5) is 39.3. The van der Waals surface area contributed by atoms with Gasteiger partial charge in [-0.05, 0) is 30.5 Å². The van der Waals surface area contributed by atoms with E-state index in [0.717, 1.165) is 4.57 Å². The van der Waals surface area contributed by atoms with Gasteiger partial charge in [-0.15, -0.1) is 0 Å². The van der Waals surface area contributed by atoms with Crippen LogP contribution in [0.15, 0.2) is 33.0 Å². The standard InChI is InChI=1S/C24H31N3O7/c1-12(2)11-34-23(29)17-13(3)25-21-19(22(28)27(5)24(30)26(21)4)18(17)14-9-15(31-6)20(33-8)16(10-14)32-7/h9-10,12,18,25H,11H2,1-8H3. The number of hydrogen-bond donors (Lipinski definition) is 1. The lowest BCUT2D eigenvalue weighted by Crippen LogP contribution is -2.43. The maximum absolute atomic E-state index is 13.4. The zero-order chi connectivity index (χ0) is 25.3. The third kappa shape index (κ3) is 4.15. The third-order valence-corrected chi connectivity index (χ3v) is 5.77. The maximum Gasteiger partial charge on any atom is 0.336 e. The molecule has 1 unspecified atom stereocenters. The molecule has 0 amide bonds. The fourth-order valence-electron chi connectivity index (χ4n) is 4.08. The van der Waals surface area contributed by atoms with E-state index in [2.05, 4.69) is 5.32 Å². The van der Waals surface area contributed by atoms with Crippen molar-refractivity contribution in [1.82, 2.24) is 9.13 Å². The summed E-state index contributed by atoms with van der Waals surface area (Å²) >= 11 is 0. The monoisotopic (exact) mass is 473 g/mol. The first-order chi connectivity index (χ1) is 16.1. The van der Waals surface area contributed by atoms with E-state index in [4.69, 9.17) is 18.9 Å². The third-order valence-electron chi connectivity index (χ3n) is 5.77. The minimum Gasteiger partial charge on any atom is -0.493 e. The van der Waals surface area contributed by atoms with Gasteiger partial charge in [0, 0.05) is 19.8 Å². The molecule has 1 atom stereocenters. The smallest absolute Gasteiger partial charge is 0.336 e. The molecule has 1 aliphatic heterocycles. The Kier molecular flexibility index (Phi) is 7.09. The molecule has 34 heavy (non-hydrogen) atoms. The van der Waals surface area contributed by atoms with Crippen molar-refractivity contribution in [2.75, 3.05) is 33.3 Å². The minimum absolute atomic E-state index is 0.127. The molecule has 0 radical (unpaired) electrons. The van der Waals surface area contributed by atoms with Crippen LogP contribution in [0.2, 0.25) is 0 Å². The molecule has 10 nitrogen and oxygen atoms in total. The van der Waals surface area contributed by atoms with Gasteiger partial charge in [0.05, 0.1) is 45.0 Å². The van der Waals surface area contributed by atoms with Crippen molar-refractivity contribution in [2.45, 2.75) is 26.7 Å². The lowest BCUT2D eigenvalue weighted by molar-refractivity contribution is -0.140. The molecule has 3 rings (SSSR count). The highest BCUT2D eigenvalue weighted by atomic mass is 16.5. The summed E-state index contributed by atoms with van der Waals surface area (Å²) in [6.45, 7) is 5.80. The Hall–Kier alpha value is -3.69. The lowest BCUT2D eigenvalue weighted by atomic mass is 9.82. The summed E-state index contributed by atoms with van der Waals surface area (Å²) in [5, 5.41) is 3.08. The molecule has 0 saturated heterocycles. The van der Waals surface area contributed by atoms with Crippen molar-refractivity contribution in [3.05, 3.63) is 55.4 Å². The topological polar surface area (TPSA) is 110 Å². The number of nitrogens with one attached hydrogen (secondary N) is 1. The number of allylic oxidation sites excluding steroid dienone is 1. The fourth-order valence-corrected chi connectivity index (χ4v) is 4.08. The minimum atomic E-state index is -0.852. The number of esters is 1. The number of methoxy groups -OCH3 is 3. The van der Waals surface area contributed by atoms with Gasteiger partial charge in [0.25, 0.3) is 5.56 Å². The molecule has 10 heteroatoms. The quantitative estimate of drug-likeness (QED) is 0.609. The molecule has 1 N–H and O–H groups in total. The number of fused-ring (bicyclic) bond motifs is 1. The number of carbonyl (C=O) groups is 1. The normalized spacial score (nSPS) is 15.0. The lowest BCUT2D eigenvalue weighted by Gasteiger charge is -2.31. The van der Waals surface area contributed by atoms with Crippen molar-refractivity contribution in [3.8, 4) is 17.2 Å². The van der Waals surface area contributed by atoms with Crippen LogP contribution in [0.25, 0.3) is 0 Å². The second-order valence-electron chi connectivity index (χ2n) is 8.52. The first kappa shape index (κ1) is 24.9. The number of carbonyl (C=O) groups excluding carboxylic acids is 1. The number of anilines is 1. The number of benzene rings is 1.